The molecule has 2 saturated heterocycles. The molecule has 2 fully saturated rings. The van der Waals surface area contributed by atoms with Crippen LogP contribution < -0.4 is 10.6 Å². The summed E-state index contributed by atoms with van der Waals surface area (Å²) in [5, 5.41) is 5.74. The van der Waals surface area contributed by atoms with Gasteiger partial charge in [-0.05, 0) is 25.3 Å². The number of hydrogen-bond acceptors (Lipinski definition) is 3. The molecule has 1 aromatic rings. The fourth-order valence-electron chi connectivity index (χ4n) is 3.36. The second kappa shape index (κ2) is 7.66. The van der Waals surface area contributed by atoms with Crippen LogP contribution in [0.5, 0.6) is 0 Å². The number of nitrogens with one attached hydrogen (secondary N) is 2. The van der Waals surface area contributed by atoms with E-state index in [4.69, 9.17) is 4.74 Å². The van der Waals surface area contributed by atoms with Gasteiger partial charge in [-0.25, -0.2) is 4.79 Å². The summed E-state index contributed by atoms with van der Waals surface area (Å²) < 4.78 is 5.48. The van der Waals surface area contributed by atoms with Gasteiger partial charge in [0.15, 0.2) is 0 Å². The Morgan fingerprint density at radius 3 is 2.88 bits per heavy atom. The first kappa shape index (κ1) is 16.8. The molecule has 2 N–H and O–H groups in total. The first-order valence-corrected chi connectivity index (χ1v) is 8.64. The van der Waals surface area contributed by atoms with Crippen molar-refractivity contribution in [2.45, 2.75) is 44.4 Å². The zero-order valence-electron chi connectivity index (χ0n) is 14.0. The molecular weight excluding hydrogens is 306 g/mol. The van der Waals surface area contributed by atoms with Crippen molar-refractivity contribution < 1.29 is 14.3 Å². The van der Waals surface area contributed by atoms with Gasteiger partial charge in [0.25, 0.3) is 0 Å². The van der Waals surface area contributed by atoms with Gasteiger partial charge in [-0.3, -0.25) is 4.79 Å². The Kier molecular flexibility index (Phi) is 5.35. The number of amides is 3. The molecule has 0 aromatic heterocycles. The van der Waals surface area contributed by atoms with Gasteiger partial charge in [-0.1, -0.05) is 30.3 Å². The highest BCUT2D eigenvalue weighted by molar-refractivity contribution is 5.82. The molecular formula is C18H25N3O3. The molecule has 0 bridgehead atoms. The van der Waals surface area contributed by atoms with Crippen molar-refractivity contribution in [2.75, 3.05) is 19.7 Å². The summed E-state index contributed by atoms with van der Waals surface area (Å²) in [6, 6.07) is 9.60. The number of ether oxygens (including phenoxy) is 1. The van der Waals surface area contributed by atoms with Crippen molar-refractivity contribution in [3.63, 3.8) is 0 Å². The van der Waals surface area contributed by atoms with Crippen LogP contribution in [-0.4, -0.2) is 48.7 Å². The minimum atomic E-state index is -0.225. The summed E-state index contributed by atoms with van der Waals surface area (Å²) in [7, 11) is 0. The van der Waals surface area contributed by atoms with Crippen LogP contribution in [0.3, 0.4) is 0 Å². The molecule has 2 heterocycles. The number of hydrogen-bond donors (Lipinski definition) is 2. The quantitative estimate of drug-likeness (QED) is 0.865. The van der Waals surface area contributed by atoms with Crippen molar-refractivity contribution in [2.24, 2.45) is 0 Å². The molecule has 3 unspecified atom stereocenters. The largest absolute Gasteiger partial charge is 0.376 e. The van der Waals surface area contributed by atoms with E-state index in [0.29, 0.717) is 19.5 Å². The molecule has 3 amide bonds. The first-order chi connectivity index (χ1) is 11.6. The third kappa shape index (κ3) is 4.06. The van der Waals surface area contributed by atoms with Gasteiger partial charge in [0.05, 0.1) is 18.2 Å². The molecule has 24 heavy (non-hydrogen) atoms. The van der Waals surface area contributed by atoms with Crippen molar-refractivity contribution in [1.82, 2.24) is 15.5 Å². The van der Waals surface area contributed by atoms with Crippen molar-refractivity contribution in [1.29, 1.82) is 0 Å². The Morgan fingerprint density at radius 2 is 2.17 bits per heavy atom. The Bertz CT molecular complexity index is 572. The van der Waals surface area contributed by atoms with Gasteiger partial charge >= 0.3 is 6.03 Å². The number of urea groups is 1. The van der Waals surface area contributed by atoms with Gasteiger partial charge in [0, 0.05) is 26.1 Å². The minimum absolute atomic E-state index is 0.0143. The predicted octanol–water partition coefficient (Wildman–Crippen LogP) is 1.83. The van der Waals surface area contributed by atoms with Crippen LogP contribution in [-0.2, 0) is 9.53 Å². The van der Waals surface area contributed by atoms with E-state index >= 15 is 0 Å². The first-order valence-electron chi connectivity index (χ1n) is 8.64. The molecule has 0 saturated carbocycles. The van der Waals surface area contributed by atoms with Gasteiger partial charge in [-0.2, -0.15) is 0 Å². The van der Waals surface area contributed by atoms with Gasteiger partial charge in [0.1, 0.15) is 0 Å². The molecule has 130 valence electrons. The van der Waals surface area contributed by atoms with E-state index in [9.17, 15) is 9.59 Å². The van der Waals surface area contributed by atoms with Crippen LogP contribution in [0.15, 0.2) is 30.3 Å². The van der Waals surface area contributed by atoms with Crippen LogP contribution in [0, 0.1) is 0 Å². The van der Waals surface area contributed by atoms with Crippen LogP contribution >= 0.6 is 0 Å². The third-order valence-electron chi connectivity index (χ3n) is 4.76. The number of carbonyl (C=O) groups excluding carboxylic acids is 2. The van der Waals surface area contributed by atoms with Gasteiger partial charge in [-0.15, -0.1) is 0 Å². The molecule has 0 radical (unpaired) electrons. The van der Waals surface area contributed by atoms with Crippen molar-refractivity contribution >= 4 is 11.9 Å². The Morgan fingerprint density at radius 1 is 1.38 bits per heavy atom. The molecule has 2 aliphatic rings. The van der Waals surface area contributed by atoms with Crippen LogP contribution in [0.1, 0.15) is 37.8 Å². The van der Waals surface area contributed by atoms with E-state index in [1.54, 1.807) is 0 Å². The lowest BCUT2D eigenvalue weighted by molar-refractivity contribution is -0.129. The molecule has 3 rings (SSSR count). The third-order valence-corrected chi connectivity index (χ3v) is 4.76. The number of likely N-dealkylation sites (tertiary alicyclic amines) is 1. The maximum atomic E-state index is 12.3. The molecule has 1 aromatic carbocycles. The molecule has 6 heteroatoms. The number of nitrogens with zero attached hydrogens (tertiary/aromatic N) is 1. The highest BCUT2D eigenvalue weighted by Crippen LogP contribution is 2.25. The van der Waals surface area contributed by atoms with E-state index in [1.165, 1.54) is 0 Å². The summed E-state index contributed by atoms with van der Waals surface area (Å²) in [5.74, 6) is 0.0794. The molecule has 0 spiro atoms. The number of rotatable bonds is 5. The fraction of sp³-hybridized carbons (Fsp3) is 0.556. The average Bonchev–Trinajstić information content (AvgIpc) is 3.23. The Balaban J connectivity index is 1.48. The van der Waals surface area contributed by atoms with Crippen LogP contribution in [0.2, 0.25) is 0 Å². The van der Waals surface area contributed by atoms with E-state index < -0.39 is 0 Å². The second-order valence-electron chi connectivity index (χ2n) is 6.52. The lowest BCUT2D eigenvalue weighted by Crippen LogP contribution is -2.45. The lowest BCUT2D eigenvalue weighted by atomic mass is 10.1. The molecule has 0 aliphatic carbocycles. The summed E-state index contributed by atoms with van der Waals surface area (Å²) in [5.41, 5.74) is 1.11. The normalized spacial score (nSPS) is 24.9. The van der Waals surface area contributed by atoms with Crippen molar-refractivity contribution in [3.8, 4) is 0 Å². The maximum absolute atomic E-state index is 12.3. The SMILES string of the molecule is CC(c1ccccc1)N1CC(NC(=O)NCC2CCCO2)CC1=O. The zero-order chi connectivity index (χ0) is 16.9. The van der Waals surface area contributed by atoms with E-state index in [0.717, 1.165) is 25.0 Å². The van der Waals surface area contributed by atoms with E-state index in [2.05, 4.69) is 10.6 Å². The number of benzene rings is 1. The van der Waals surface area contributed by atoms with Crippen LogP contribution in [0.25, 0.3) is 0 Å². The number of carbonyl (C=O) groups is 2. The smallest absolute Gasteiger partial charge is 0.315 e. The van der Waals surface area contributed by atoms with E-state index in [1.807, 2.05) is 42.2 Å². The minimum Gasteiger partial charge on any atom is -0.376 e. The molecule has 2 aliphatic heterocycles. The predicted molar refractivity (Wildman–Crippen MR) is 90.5 cm³/mol. The standard InChI is InChI=1S/C18H25N3O3/c1-13(14-6-3-2-4-7-14)21-12-15(10-17(21)22)20-18(23)19-11-16-8-5-9-24-16/h2-4,6-7,13,15-16H,5,8-12H2,1H3,(H2,19,20,23). The van der Waals surface area contributed by atoms with Crippen LogP contribution in [0.4, 0.5) is 4.79 Å². The Labute approximate surface area is 142 Å². The van der Waals surface area contributed by atoms with Crippen molar-refractivity contribution in [3.05, 3.63) is 35.9 Å². The molecule has 3 atom stereocenters. The van der Waals surface area contributed by atoms with Gasteiger partial charge in [0.2, 0.25) is 5.91 Å². The highest BCUT2D eigenvalue weighted by atomic mass is 16.5. The second-order valence-corrected chi connectivity index (χ2v) is 6.52. The summed E-state index contributed by atoms with van der Waals surface area (Å²) >= 11 is 0. The summed E-state index contributed by atoms with van der Waals surface area (Å²) in [6.07, 6.45) is 2.52. The molecule has 6 nitrogen and oxygen atoms in total. The van der Waals surface area contributed by atoms with Gasteiger partial charge < -0.3 is 20.3 Å². The monoisotopic (exact) mass is 331 g/mol. The zero-order valence-corrected chi connectivity index (χ0v) is 14.0. The average molecular weight is 331 g/mol. The lowest BCUT2D eigenvalue weighted by Gasteiger charge is -2.25. The summed E-state index contributed by atoms with van der Waals surface area (Å²) in [4.78, 5) is 26.1. The fourth-order valence-corrected chi connectivity index (χ4v) is 3.36. The highest BCUT2D eigenvalue weighted by Gasteiger charge is 2.34. The maximum Gasteiger partial charge on any atom is 0.315 e. The van der Waals surface area contributed by atoms with E-state index in [-0.39, 0.29) is 30.1 Å². The summed E-state index contributed by atoms with van der Waals surface area (Å²) in [6.45, 7) is 3.86. The topological polar surface area (TPSA) is 70.7 Å². The Hall–Kier alpha value is -2.08.